The van der Waals surface area contributed by atoms with Crippen molar-refractivity contribution in [2.45, 2.75) is 71.3 Å². The third-order valence-corrected chi connectivity index (χ3v) is 5.18. The molecule has 0 aromatic carbocycles. The van der Waals surface area contributed by atoms with Gasteiger partial charge in [0.25, 0.3) is 0 Å². The Hall–Kier alpha value is -0.0800. The molecular weight excluding hydrogens is 232 g/mol. The Balaban J connectivity index is 1.65. The second-order valence-electron chi connectivity index (χ2n) is 6.93. The average molecular weight is 266 g/mol. The Morgan fingerprint density at radius 3 is 2.53 bits per heavy atom. The van der Waals surface area contributed by atoms with Crippen LogP contribution >= 0.6 is 0 Å². The van der Waals surface area contributed by atoms with Gasteiger partial charge in [0, 0.05) is 12.6 Å². The first kappa shape index (κ1) is 15.3. The Labute approximate surface area is 120 Å². The van der Waals surface area contributed by atoms with Gasteiger partial charge in [-0.1, -0.05) is 39.5 Å². The van der Waals surface area contributed by atoms with Gasteiger partial charge in [-0.15, -0.1) is 0 Å². The van der Waals surface area contributed by atoms with Crippen LogP contribution in [0.5, 0.6) is 0 Å². The summed E-state index contributed by atoms with van der Waals surface area (Å²) in [5, 5.41) is 3.89. The van der Waals surface area contributed by atoms with E-state index in [1.165, 1.54) is 77.5 Å². The number of piperidine rings is 1. The van der Waals surface area contributed by atoms with Crippen molar-refractivity contribution < 1.29 is 0 Å². The van der Waals surface area contributed by atoms with Crippen molar-refractivity contribution in [1.29, 1.82) is 0 Å². The first-order chi connectivity index (χ1) is 9.29. The van der Waals surface area contributed by atoms with E-state index in [0.29, 0.717) is 0 Å². The van der Waals surface area contributed by atoms with Crippen LogP contribution in [0.3, 0.4) is 0 Å². The van der Waals surface area contributed by atoms with Gasteiger partial charge < -0.3 is 10.2 Å². The van der Waals surface area contributed by atoms with Crippen LogP contribution in [0, 0.1) is 11.8 Å². The Morgan fingerprint density at radius 2 is 1.79 bits per heavy atom. The summed E-state index contributed by atoms with van der Waals surface area (Å²) < 4.78 is 0. The molecule has 0 amide bonds. The maximum atomic E-state index is 3.89. The lowest BCUT2D eigenvalue weighted by atomic mass is 9.82. The molecule has 0 aromatic rings. The Morgan fingerprint density at radius 1 is 1.05 bits per heavy atom. The maximum absolute atomic E-state index is 3.89. The highest BCUT2D eigenvalue weighted by Crippen LogP contribution is 2.26. The second kappa shape index (κ2) is 8.26. The molecule has 2 rings (SSSR count). The minimum absolute atomic E-state index is 0.803. The van der Waals surface area contributed by atoms with Crippen molar-refractivity contribution in [3.8, 4) is 0 Å². The molecule has 112 valence electrons. The number of nitrogens with zero attached hydrogens (tertiary/aromatic N) is 1. The Bertz CT molecular complexity index is 235. The number of rotatable bonds is 6. The molecule has 3 atom stereocenters. The van der Waals surface area contributed by atoms with Crippen LogP contribution in [0.2, 0.25) is 0 Å². The third kappa shape index (κ3) is 5.07. The molecule has 1 saturated heterocycles. The third-order valence-electron chi connectivity index (χ3n) is 5.18. The molecule has 2 nitrogen and oxygen atoms in total. The summed E-state index contributed by atoms with van der Waals surface area (Å²) in [6, 6.07) is 0.808. The van der Waals surface area contributed by atoms with Gasteiger partial charge in [-0.3, -0.25) is 0 Å². The number of hydrogen-bond donors (Lipinski definition) is 1. The van der Waals surface area contributed by atoms with E-state index in [1.807, 2.05) is 0 Å². The lowest BCUT2D eigenvalue weighted by Crippen LogP contribution is -2.43. The number of hydrogen-bond acceptors (Lipinski definition) is 2. The zero-order chi connectivity index (χ0) is 13.5. The lowest BCUT2D eigenvalue weighted by Gasteiger charge is -2.34. The van der Waals surface area contributed by atoms with E-state index in [9.17, 15) is 0 Å². The van der Waals surface area contributed by atoms with Crippen LogP contribution in [0.4, 0.5) is 0 Å². The minimum atomic E-state index is 0.803. The topological polar surface area (TPSA) is 15.3 Å². The minimum Gasteiger partial charge on any atom is -0.313 e. The van der Waals surface area contributed by atoms with Crippen molar-refractivity contribution in [1.82, 2.24) is 10.2 Å². The van der Waals surface area contributed by atoms with Gasteiger partial charge in [0.15, 0.2) is 0 Å². The number of nitrogens with one attached hydrogen (secondary N) is 1. The van der Waals surface area contributed by atoms with Gasteiger partial charge in [-0.25, -0.2) is 0 Å². The van der Waals surface area contributed by atoms with Crippen LogP contribution in [-0.4, -0.2) is 37.1 Å². The second-order valence-corrected chi connectivity index (χ2v) is 6.93. The predicted molar refractivity (Wildman–Crippen MR) is 83.5 cm³/mol. The maximum Gasteiger partial charge on any atom is 0.00953 e. The zero-order valence-corrected chi connectivity index (χ0v) is 13.2. The van der Waals surface area contributed by atoms with Crippen LogP contribution < -0.4 is 5.32 Å². The monoisotopic (exact) mass is 266 g/mol. The van der Waals surface area contributed by atoms with E-state index in [2.05, 4.69) is 24.1 Å². The average Bonchev–Trinajstić information content (AvgIpc) is 2.46. The van der Waals surface area contributed by atoms with Crippen molar-refractivity contribution in [2.24, 2.45) is 11.8 Å². The predicted octanol–water partition coefficient (Wildman–Crippen LogP) is 3.67. The van der Waals surface area contributed by atoms with E-state index in [4.69, 9.17) is 0 Å². The summed E-state index contributed by atoms with van der Waals surface area (Å²) in [5.74, 6) is 1.74. The van der Waals surface area contributed by atoms with Gasteiger partial charge >= 0.3 is 0 Å². The van der Waals surface area contributed by atoms with E-state index in [1.54, 1.807) is 0 Å². The molecule has 1 aliphatic carbocycles. The summed E-state index contributed by atoms with van der Waals surface area (Å²) in [4.78, 5) is 2.67. The van der Waals surface area contributed by atoms with Crippen LogP contribution in [0.1, 0.15) is 65.2 Å². The zero-order valence-electron chi connectivity index (χ0n) is 13.2. The van der Waals surface area contributed by atoms with Crippen LogP contribution in [0.15, 0.2) is 0 Å². The highest BCUT2D eigenvalue weighted by Gasteiger charge is 2.23. The first-order valence-electron chi connectivity index (χ1n) is 8.75. The van der Waals surface area contributed by atoms with Crippen LogP contribution in [0.25, 0.3) is 0 Å². The summed E-state index contributed by atoms with van der Waals surface area (Å²) >= 11 is 0. The molecule has 2 heteroatoms. The molecule has 1 N–H and O–H groups in total. The van der Waals surface area contributed by atoms with Crippen molar-refractivity contribution in [2.75, 3.05) is 26.2 Å². The van der Waals surface area contributed by atoms with Gasteiger partial charge in [-0.05, 0) is 57.2 Å². The summed E-state index contributed by atoms with van der Waals surface area (Å²) in [6.07, 6.45) is 11.4. The largest absolute Gasteiger partial charge is 0.313 e. The van der Waals surface area contributed by atoms with Gasteiger partial charge in [0.05, 0.1) is 0 Å². The molecule has 0 radical (unpaired) electrons. The van der Waals surface area contributed by atoms with Crippen molar-refractivity contribution >= 4 is 0 Å². The molecule has 2 fully saturated rings. The first-order valence-corrected chi connectivity index (χ1v) is 8.75. The molecular formula is C17H34N2. The van der Waals surface area contributed by atoms with E-state index in [0.717, 1.165) is 17.9 Å². The molecule has 0 bridgehead atoms. The standard InChI is InChI=1S/C17H34N2/c1-3-16-9-5-6-10-17(16)18-13-15(2)14-19-11-7-4-8-12-19/h15-18H,3-14H2,1-2H3. The van der Waals surface area contributed by atoms with Gasteiger partial charge in [0.1, 0.15) is 0 Å². The van der Waals surface area contributed by atoms with E-state index >= 15 is 0 Å². The fraction of sp³-hybridized carbons (Fsp3) is 1.00. The summed E-state index contributed by atoms with van der Waals surface area (Å²) in [6.45, 7) is 9.98. The SMILES string of the molecule is CCC1CCCCC1NCC(C)CN1CCCCC1. The quantitative estimate of drug-likeness (QED) is 0.789. The van der Waals surface area contributed by atoms with Crippen molar-refractivity contribution in [3.05, 3.63) is 0 Å². The summed E-state index contributed by atoms with van der Waals surface area (Å²) in [5.41, 5.74) is 0. The van der Waals surface area contributed by atoms with Gasteiger partial charge in [0.2, 0.25) is 0 Å². The molecule has 1 aliphatic heterocycles. The van der Waals surface area contributed by atoms with Gasteiger partial charge in [-0.2, -0.15) is 0 Å². The summed E-state index contributed by atoms with van der Waals surface area (Å²) in [7, 11) is 0. The molecule has 3 unspecified atom stereocenters. The van der Waals surface area contributed by atoms with Crippen LogP contribution in [-0.2, 0) is 0 Å². The molecule has 2 aliphatic rings. The lowest BCUT2D eigenvalue weighted by molar-refractivity contribution is 0.188. The fourth-order valence-corrected chi connectivity index (χ4v) is 3.96. The smallest absolute Gasteiger partial charge is 0.00953 e. The molecule has 0 aromatic heterocycles. The highest BCUT2D eigenvalue weighted by molar-refractivity contribution is 4.81. The molecule has 0 spiro atoms. The highest BCUT2D eigenvalue weighted by atomic mass is 15.1. The molecule has 1 heterocycles. The number of likely N-dealkylation sites (tertiary alicyclic amines) is 1. The van der Waals surface area contributed by atoms with Crippen molar-refractivity contribution in [3.63, 3.8) is 0 Å². The van der Waals surface area contributed by atoms with E-state index < -0.39 is 0 Å². The van der Waals surface area contributed by atoms with E-state index in [-0.39, 0.29) is 0 Å². The molecule has 19 heavy (non-hydrogen) atoms. The normalized spacial score (nSPS) is 31.3. The molecule has 1 saturated carbocycles. The fourth-order valence-electron chi connectivity index (χ4n) is 3.96. The Kier molecular flexibility index (Phi) is 6.66.